The molecule has 0 amide bonds. The van der Waals surface area contributed by atoms with Crippen LogP contribution in [0.2, 0.25) is 0 Å². The fourth-order valence-corrected chi connectivity index (χ4v) is 3.21. The molecule has 1 aromatic carbocycles. The average Bonchev–Trinajstić information content (AvgIpc) is 2.77. The van der Waals surface area contributed by atoms with Crippen LogP contribution in [0.5, 0.6) is 0 Å². The van der Waals surface area contributed by atoms with E-state index in [1.807, 2.05) is 12.1 Å². The number of hydrogen-bond donors (Lipinski definition) is 1. The van der Waals surface area contributed by atoms with Crippen LogP contribution in [0.4, 0.5) is 5.69 Å². The van der Waals surface area contributed by atoms with Gasteiger partial charge in [0.05, 0.1) is 4.92 Å². The molecule has 2 rings (SSSR count). The second-order valence-corrected chi connectivity index (χ2v) is 6.17. The molecule has 1 aliphatic carbocycles. The van der Waals surface area contributed by atoms with Gasteiger partial charge in [-0.05, 0) is 44.2 Å². The minimum atomic E-state index is -0.351. The number of rotatable bonds is 6. The summed E-state index contributed by atoms with van der Waals surface area (Å²) in [6, 6.07) is 7.46. The van der Waals surface area contributed by atoms with Gasteiger partial charge in [-0.3, -0.25) is 10.1 Å². The molecule has 1 saturated carbocycles. The zero-order valence-corrected chi connectivity index (χ0v) is 12.9. The highest BCUT2D eigenvalue weighted by molar-refractivity contribution is 5.32. The Labute approximate surface area is 127 Å². The monoisotopic (exact) mass is 290 g/mol. The first kappa shape index (κ1) is 16.0. The van der Waals surface area contributed by atoms with Crippen LogP contribution in [-0.4, -0.2) is 17.5 Å². The number of benzene rings is 1. The zero-order chi connectivity index (χ0) is 15.1. The smallest absolute Gasteiger partial charge is 0.269 e. The van der Waals surface area contributed by atoms with E-state index in [1.165, 1.54) is 38.5 Å². The summed E-state index contributed by atoms with van der Waals surface area (Å²) in [5.41, 5.74) is 1.32. The molecular formula is C17H26N2O2. The van der Waals surface area contributed by atoms with Crippen molar-refractivity contribution >= 4 is 5.69 Å². The van der Waals surface area contributed by atoms with Crippen LogP contribution in [0.1, 0.15) is 51.0 Å². The largest absolute Gasteiger partial charge is 0.314 e. The molecule has 0 aromatic heterocycles. The van der Waals surface area contributed by atoms with Crippen LogP contribution in [0.3, 0.4) is 0 Å². The summed E-state index contributed by atoms with van der Waals surface area (Å²) in [5.74, 6) is 0.810. The molecule has 1 aliphatic rings. The van der Waals surface area contributed by atoms with Gasteiger partial charge < -0.3 is 5.32 Å². The molecule has 0 radical (unpaired) electrons. The van der Waals surface area contributed by atoms with Crippen LogP contribution >= 0.6 is 0 Å². The highest BCUT2D eigenvalue weighted by Gasteiger charge is 2.18. The van der Waals surface area contributed by atoms with E-state index in [-0.39, 0.29) is 10.6 Å². The quantitative estimate of drug-likeness (QED) is 0.488. The van der Waals surface area contributed by atoms with E-state index in [1.54, 1.807) is 12.1 Å². The standard InChI is InChI=1S/C17H26N2O2/c1-14(16-6-4-2-3-5-7-16)18-13-12-15-8-10-17(11-9-15)19(20)21/h8-11,14,16,18H,2-7,12-13H2,1H3/t14-/m0/s1. The summed E-state index contributed by atoms with van der Waals surface area (Å²) in [5, 5.41) is 14.2. The van der Waals surface area contributed by atoms with Gasteiger partial charge in [0, 0.05) is 18.2 Å². The Bertz CT molecular complexity index is 437. The van der Waals surface area contributed by atoms with Crippen molar-refractivity contribution in [1.82, 2.24) is 5.32 Å². The lowest BCUT2D eigenvalue weighted by Gasteiger charge is -2.23. The molecule has 0 saturated heterocycles. The van der Waals surface area contributed by atoms with Gasteiger partial charge in [-0.25, -0.2) is 0 Å². The molecule has 1 aromatic rings. The van der Waals surface area contributed by atoms with Crippen molar-refractivity contribution in [1.29, 1.82) is 0 Å². The predicted molar refractivity (Wildman–Crippen MR) is 85.5 cm³/mol. The molecule has 1 fully saturated rings. The van der Waals surface area contributed by atoms with Gasteiger partial charge in [-0.1, -0.05) is 37.8 Å². The molecule has 1 atom stereocenters. The van der Waals surface area contributed by atoms with Crippen molar-refractivity contribution in [3.63, 3.8) is 0 Å². The Hall–Kier alpha value is -1.42. The number of non-ortho nitro benzene ring substituents is 1. The van der Waals surface area contributed by atoms with Crippen LogP contribution in [-0.2, 0) is 6.42 Å². The average molecular weight is 290 g/mol. The van der Waals surface area contributed by atoms with E-state index in [2.05, 4.69) is 12.2 Å². The Morgan fingerprint density at radius 2 is 1.81 bits per heavy atom. The van der Waals surface area contributed by atoms with Crippen molar-refractivity contribution < 1.29 is 4.92 Å². The maximum absolute atomic E-state index is 10.6. The van der Waals surface area contributed by atoms with Crippen molar-refractivity contribution in [2.24, 2.45) is 5.92 Å². The topological polar surface area (TPSA) is 55.2 Å². The Morgan fingerprint density at radius 1 is 1.19 bits per heavy atom. The lowest BCUT2D eigenvalue weighted by atomic mass is 9.93. The zero-order valence-electron chi connectivity index (χ0n) is 12.9. The summed E-state index contributed by atoms with van der Waals surface area (Å²) >= 11 is 0. The minimum absolute atomic E-state index is 0.165. The lowest BCUT2D eigenvalue weighted by molar-refractivity contribution is -0.384. The van der Waals surface area contributed by atoms with Crippen molar-refractivity contribution in [3.05, 3.63) is 39.9 Å². The summed E-state index contributed by atoms with van der Waals surface area (Å²) in [7, 11) is 0. The highest BCUT2D eigenvalue weighted by Crippen LogP contribution is 2.25. The van der Waals surface area contributed by atoms with E-state index >= 15 is 0 Å². The normalized spacial score (nSPS) is 18.1. The molecule has 0 heterocycles. The lowest BCUT2D eigenvalue weighted by Crippen LogP contribution is -2.34. The molecule has 4 heteroatoms. The van der Waals surface area contributed by atoms with Gasteiger partial charge in [0.1, 0.15) is 0 Å². The first-order valence-corrected chi connectivity index (χ1v) is 8.13. The SMILES string of the molecule is C[C@H](NCCc1ccc([N+](=O)[O-])cc1)C1CCCCCC1. The van der Waals surface area contributed by atoms with E-state index in [9.17, 15) is 10.1 Å². The number of hydrogen-bond acceptors (Lipinski definition) is 3. The number of nitrogens with zero attached hydrogens (tertiary/aromatic N) is 1. The molecule has 4 nitrogen and oxygen atoms in total. The Morgan fingerprint density at radius 3 is 2.38 bits per heavy atom. The van der Waals surface area contributed by atoms with Crippen LogP contribution in [0, 0.1) is 16.0 Å². The third kappa shape index (κ3) is 5.12. The summed E-state index contributed by atoms with van der Waals surface area (Å²) < 4.78 is 0. The van der Waals surface area contributed by atoms with Crippen LogP contribution in [0.15, 0.2) is 24.3 Å². The molecule has 21 heavy (non-hydrogen) atoms. The molecule has 0 spiro atoms. The van der Waals surface area contributed by atoms with E-state index in [0.29, 0.717) is 6.04 Å². The number of nitro groups is 1. The maximum atomic E-state index is 10.6. The maximum Gasteiger partial charge on any atom is 0.269 e. The Kier molecular flexibility index (Phi) is 6.18. The molecule has 0 unspecified atom stereocenters. The molecule has 116 valence electrons. The third-order valence-corrected chi connectivity index (χ3v) is 4.63. The van der Waals surface area contributed by atoms with Gasteiger partial charge in [-0.15, -0.1) is 0 Å². The van der Waals surface area contributed by atoms with E-state index in [0.717, 1.165) is 24.4 Å². The minimum Gasteiger partial charge on any atom is -0.314 e. The molecular weight excluding hydrogens is 264 g/mol. The van der Waals surface area contributed by atoms with Gasteiger partial charge >= 0.3 is 0 Å². The predicted octanol–water partition coefficient (Wildman–Crippen LogP) is 4.09. The second-order valence-electron chi connectivity index (χ2n) is 6.17. The van der Waals surface area contributed by atoms with Gasteiger partial charge in [0.15, 0.2) is 0 Å². The molecule has 0 bridgehead atoms. The van der Waals surface area contributed by atoms with Gasteiger partial charge in [-0.2, -0.15) is 0 Å². The van der Waals surface area contributed by atoms with Crippen molar-refractivity contribution in [3.8, 4) is 0 Å². The summed E-state index contributed by atoms with van der Waals surface area (Å²) in [6.07, 6.45) is 9.17. The summed E-state index contributed by atoms with van der Waals surface area (Å²) in [6.45, 7) is 3.24. The van der Waals surface area contributed by atoms with Crippen LogP contribution < -0.4 is 5.32 Å². The molecule has 1 N–H and O–H groups in total. The van der Waals surface area contributed by atoms with Gasteiger partial charge in [0.25, 0.3) is 5.69 Å². The van der Waals surface area contributed by atoms with Crippen molar-refractivity contribution in [2.45, 2.75) is 57.9 Å². The van der Waals surface area contributed by atoms with Crippen LogP contribution in [0.25, 0.3) is 0 Å². The summed E-state index contributed by atoms with van der Waals surface area (Å²) in [4.78, 5) is 10.3. The second kappa shape index (κ2) is 8.13. The fraction of sp³-hybridized carbons (Fsp3) is 0.647. The fourth-order valence-electron chi connectivity index (χ4n) is 3.21. The van der Waals surface area contributed by atoms with Crippen molar-refractivity contribution in [2.75, 3.05) is 6.54 Å². The first-order valence-electron chi connectivity index (χ1n) is 8.13. The highest BCUT2D eigenvalue weighted by atomic mass is 16.6. The van der Waals surface area contributed by atoms with E-state index in [4.69, 9.17) is 0 Å². The Balaban J connectivity index is 1.74. The number of nitro benzene ring substituents is 1. The first-order chi connectivity index (χ1) is 10.2. The van der Waals surface area contributed by atoms with Gasteiger partial charge in [0.2, 0.25) is 0 Å². The molecule has 0 aliphatic heterocycles. The van der Waals surface area contributed by atoms with E-state index < -0.39 is 0 Å². The third-order valence-electron chi connectivity index (χ3n) is 4.63. The number of nitrogens with one attached hydrogen (secondary N) is 1.